The highest BCUT2D eigenvalue weighted by Gasteiger charge is 2.21. The van der Waals surface area contributed by atoms with Crippen molar-refractivity contribution in [3.05, 3.63) is 11.9 Å². The predicted octanol–water partition coefficient (Wildman–Crippen LogP) is 0.173. The summed E-state index contributed by atoms with van der Waals surface area (Å²) in [5, 5.41) is 8.98. The van der Waals surface area contributed by atoms with E-state index in [0.29, 0.717) is 18.8 Å². The zero-order valence-corrected chi connectivity index (χ0v) is 11.4. The van der Waals surface area contributed by atoms with Gasteiger partial charge in [0.05, 0.1) is 25.5 Å². The van der Waals surface area contributed by atoms with E-state index in [-0.39, 0.29) is 17.9 Å². The molecule has 18 heavy (non-hydrogen) atoms. The summed E-state index contributed by atoms with van der Waals surface area (Å²) >= 11 is 0. The van der Waals surface area contributed by atoms with Crippen molar-refractivity contribution in [2.24, 2.45) is 11.1 Å². The first-order valence-electron chi connectivity index (χ1n) is 5.79. The molecule has 0 saturated heterocycles. The fourth-order valence-electron chi connectivity index (χ4n) is 1.41. The van der Waals surface area contributed by atoms with E-state index < -0.39 is 0 Å². The summed E-state index contributed by atoms with van der Waals surface area (Å²) in [6.45, 7) is 7.03. The van der Waals surface area contributed by atoms with Gasteiger partial charge in [-0.25, -0.2) is 9.75 Å². The van der Waals surface area contributed by atoms with Crippen LogP contribution in [-0.2, 0) is 22.7 Å². The standard InChI is InChI=1S/C11H21N5O2/c1-11(2,3)8-16(18-4)10(17)7-15-6-9(5-12)13-14-15/h6H,5,7-8,12H2,1-4H3. The van der Waals surface area contributed by atoms with Crippen LogP contribution < -0.4 is 5.73 Å². The lowest BCUT2D eigenvalue weighted by Crippen LogP contribution is -2.38. The Kier molecular flexibility index (Phi) is 4.80. The van der Waals surface area contributed by atoms with Crippen LogP contribution in [0, 0.1) is 5.41 Å². The van der Waals surface area contributed by atoms with E-state index in [1.54, 1.807) is 6.20 Å². The summed E-state index contributed by atoms with van der Waals surface area (Å²) in [4.78, 5) is 17.1. The van der Waals surface area contributed by atoms with Crippen molar-refractivity contribution < 1.29 is 9.63 Å². The number of carbonyl (C=O) groups is 1. The van der Waals surface area contributed by atoms with E-state index in [4.69, 9.17) is 10.6 Å². The molecule has 1 rings (SSSR count). The molecule has 0 aromatic carbocycles. The van der Waals surface area contributed by atoms with Gasteiger partial charge in [0.1, 0.15) is 6.54 Å². The van der Waals surface area contributed by atoms with Gasteiger partial charge in [-0.2, -0.15) is 0 Å². The van der Waals surface area contributed by atoms with Crippen LogP contribution in [0.3, 0.4) is 0 Å². The molecule has 7 heteroatoms. The van der Waals surface area contributed by atoms with Crippen LogP contribution >= 0.6 is 0 Å². The van der Waals surface area contributed by atoms with Crippen LogP contribution in [0.25, 0.3) is 0 Å². The van der Waals surface area contributed by atoms with Crippen molar-refractivity contribution >= 4 is 5.91 Å². The summed E-state index contributed by atoms with van der Waals surface area (Å²) < 4.78 is 1.46. The maximum atomic E-state index is 12.0. The molecule has 2 N–H and O–H groups in total. The van der Waals surface area contributed by atoms with Crippen LogP contribution in [0.15, 0.2) is 6.20 Å². The van der Waals surface area contributed by atoms with E-state index in [1.807, 2.05) is 20.8 Å². The molecule has 0 fully saturated rings. The highest BCUT2D eigenvalue weighted by Crippen LogP contribution is 2.15. The summed E-state index contributed by atoms with van der Waals surface area (Å²) in [6, 6.07) is 0. The number of hydrogen-bond donors (Lipinski definition) is 1. The van der Waals surface area contributed by atoms with Gasteiger partial charge in [-0.05, 0) is 5.41 Å². The molecule has 0 spiro atoms. The molecule has 0 atom stereocenters. The Morgan fingerprint density at radius 3 is 2.67 bits per heavy atom. The average Bonchev–Trinajstić information content (AvgIpc) is 2.72. The Morgan fingerprint density at radius 2 is 2.22 bits per heavy atom. The van der Waals surface area contributed by atoms with Gasteiger partial charge in [0.2, 0.25) is 0 Å². The average molecular weight is 255 g/mol. The largest absolute Gasteiger partial charge is 0.325 e. The molecule has 1 aromatic heterocycles. The lowest BCUT2D eigenvalue weighted by Gasteiger charge is -2.27. The minimum atomic E-state index is -0.166. The molecule has 7 nitrogen and oxygen atoms in total. The first-order chi connectivity index (χ1) is 8.35. The molecule has 0 saturated carbocycles. The van der Waals surface area contributed by atoms with Gasteiger partial charge >= 0.3 is 0 Å². The minimum Gasteiger partial charge on any atom is -0.325 e. The normalized spacial score (nSPS) is 11.6. The quantitative estimate of drug-likeness (QED) is 0.758. The third-order valence-electron chi connectivity index (χ3n) is 2.21. The zero-order valence-electron chi connectivity index (χ0n) is 11.4. The smallest absolute Gasteiger partial charge is 0.267 e. The minimum absolute atomic E-state index is 0.0313. The van der Waals surface area contributed by atoms with Crippen LogP contribution in [0.4, 0.5) is 0 Å². The van der Waals surface area contributed by atoms with Gasteiger partial charge in [0.15, 0.2) is 0 Å². The molecular weight excluding hydrogens is 234 g/mol. The molecule has 0 aliphatic rings. The third-order valence-corrected chi connectivity index (χ3v) is 2.21. The van der Waals surface area contributed by atoms with Crippen LogP contribution in [0.2, 0.25) is 0 Å². The van der Waals surface area contributed by atoms with Crippen molar-refractivity contribution in [3.8, 4) is 0 Å². The Labute approximate surface area is 107 Å². The molecule has 102 valence electrons. The fourth-order valence-corrected chi connectivity index (χ4v) is 1.41. The number of nitrogens with two attached hydrogens (primary N) is 1. The van der Waals surface area contributed by atoms with E-state index in [2.05, 4.69) is 10.3 Å². The van der Waals surface area contributed by atoms with Crippen LogP contribution in [0.1, 0.15) is 26.5 Å². The van der Waals surface area contributed by atoms with E-state index in [0.717, 1.165) is 0 Å². The molecule has 0 bridgehead atoms. The number of rotatable bonds is 5. The molecule has 1 heterocycles. The second-order valence-corrected chi connectivity index (χ2v) is 5.29. The molecule has 0 aliphatic carbocycles. The van der Waals surface area contributed by atoms with Crippen molar-refractivity contribution in [3.63, 3.8) is 0 Å². The number of hydrogen-bond acceptors (Lipinski definition) is 5. The van der Waals surface area contributed by atoms with Gasteiger partial charge in [-0.1, -0.05) is 26.0 Å². The van der Waals surface area contributed by atoms with Crippen molar-refractivity contribution in [2.75, 3.05) is 13.7 Å². The lowest BCUT2D eigenvalue weighted by molar-refractivity contribution is -0.183. The number of nitrogens with zero attached hydrogens (tertiary/aromatic N) is 4. The SMILES string of the molecule is CON(CC(C)(C)C)C(=O)Cn1cc(CN)nn1. The highest BCUT2D eigenvalue weighted by molar-refractivity contribution is 5.74. The van der Waals surface area contributed by atoms with Gasteiger partial charge in [0, 0.05) is 6.54 Å². The lowest BCUT2D eigenvalue weighted by atomic mass is 9.97. The maximum Gasteiger partial charge on any atom is 0.267 e. The second kappa shape index (κ2) is 5.92. The van der Waals surface area contributed by atoms with Crippen LogP contribution in [0.5, 0.6) is 0 Å². The maximum absolute atomic E-state index is 12.0. The molecule has 1 amide bonds. The monoisotopic (exact) mass is 255 g/mol. The van der Waals surface area contributed by atoms with Crippen LogP contribution in [-0.4, -0.2) is 39.6 Å². The topological polar surface area (TPSA) is 86.3 Å². The molecule has 0 unspecified atom stereocenters. The van der Waals surface area contributed by atoms with Crippen molar-refractivity contribution in [1.82, 2.24) is 20.1 Å². The summed E-state index contributed by atoms with van der Waals surface area (Å²) in [6.07, 6.45) is 1.66. The number of hydroxylamine groups is 2. The number of amides is 1. The molecule has 0 radical (unpaired) electrons. The third kappa shape index (κ3) is 4.42. The highest BCUT2D eigenvalue weighted by atomic mass is 16.7. The Morgan fingerprint density at radius 1 is 1.56 bits per heavy atom. The number of aromatic nitrogens is 3. The summed E-state index contributed by atoms with van der Waals surface area (Å²) in [5.74, 6) is -0.166. The van der Waals surface area contributed by atoms with Gasteiger partial charge in [0.25, 0.3) is 5.91 Å². The van der Waals surface area contributed by atoms with Gasteiger partial charge < -0.3 is 5.73 Å². The van der Waals surface area contributed by atoms with Gasteiger partial charge in [-0.15, -0.1) is 5.10 Å². The fraction of sp³-hybridized carbons (Fsp3) is 0.727. The number of carbonyl (C=O) groups excluding carboxylic acids is 1. The Hall–Kier alpha value is -1.47. The molecular formula is C11H21N5O2. The first kappa shape index (κ1) is 14.6. The Bertz CT molecular complexity index is 396. The first-order valence-corrected chi connectivity index (χ1v) is 5.79. The predicted molar refractivity (Wildman–Crippen MR) is 66.1 cm³/mol. The molecule has 1 aromatic rings. The molecule has 0 aliphatic heterocycles. The van der Waals surface area contributed by atoms with E-state index in [1.165, 1.54) is 16.9 Å². The summed E-state index contributed by atoms with van der Waals surface area (Å²) in [5.41, 5.74) is 6.05. The van der Waals surface area contributed by atoms with E-state index in [9.17, 15) is 4.79 Å². The second-order valence-electron chi connectivity index (χ2n) is 5.29. The van der Waals surface area contributed by atoms with E-state index >= 15 is 0 Å². The van der Waals surface area contributed by atoms with Crippen molar-refractivity contribution in [1.29, 1.82) is 0 Å². The van der Waals surface area contributed by atoms with Gasteiger partial charge in [-0.3, -0.25) is 9.63 Å². The van der Waals surface area contributed by atoms with Crippen molar-refractivity contribution in [2.45, 2.75) is 33.9 Å². The summed E-state index contributed by atoms with van der Waals surface area (Å²) in [7, 11) is 1.48. The zero-order chi connectivity index (χ0) is 13.8. The Balaban J connectivity index is 2.62.